The average molecular weight is 257 g/mol. The number of aryl methyl sites for hydroxylation is 2. The largest absolute Gasteiger partial charge is 0.329 e. The van der Waals surface area contributed by atoms with Gasteiger partial charge in [-0.05, 0) is 38.8 Å². The summed E-state index contributed by atoms with van der Waals surface area (Å²) in [7, 11) is 0. The first-order valence-corrected chi connectivity index (χ1v) is 6.41. The number of hydrogen-bond acceptors (Lipinski definition) is 2. The molecule has 1 atom stereocenters. The van der Waals surface area contributed by atoms with Gasteiger partial charge in [-0.25, -0.2) is 4.79 Å². The Morgan fingerprint density at radius 2 is 2.11 bits per heavy atom. The van der Waals surface area contributed by atoms with Gasteiger partial charge in [-0.3, -0.25) is 0 Å². The van der Waals surface area contributed by atoms with Crippen molar-refractivity contribution in [3.05, 3.63) is 34.9 Å². The molecule has 2 amide bonds. The highest BCUT2D eigenvalue weighted by molar-refractivity contribution is 5.78. The molecule has 0 aromatic heterocycles. The van der Waals surface area contributed by atoms with Gasteiger partial charge in [0.1, 0.15) is 5.54 Å². The van der Waals surface area contributed by atoms with E-state index in [1.807, 2.05) is 13.0 Å². The maximum Gasteiger partial charge on any atom is 0.319 e. The summed E-state index contributed by atoms with van der Waals surface area (Å²) < 4.78 is 0. The molecule has 1 unspecified atom stereocenters. The number of hydrogen-bond donors (Lipinski definition) is 1. The van der Waals surface area contributed by atoms with Gasteiger partial charge in [0.15, 0.2) is 0 Å². The van der Waals surface area contributed by atoms with E-state index < -0.39 is 5.54 Å². The molecule has 0 bridgehead atoms. The Morgan fingerprint density at radius 3 is 2.68 bits per heavy atom. The Morgan fingerprint density at radius 1 is 1.42 bits per heavy atom. The molecule has 1 aliphatic rings. The van der Waals surface area contributed by atoms with Crippen LogP contribution in [-0.2, 0) is 0 Å². The van der Waals surface area contributed by atoms with Gasteiger partial charge >= 0.3 is 6.03 Å². The number of nitrogens with zero attached hydrogens (tertiary/aromatic N) is 2. The Labute approximate surface area is 114 Å². The van der Waals surface area contributed by atoms with Crippen LogP contribution in [0.3, 0.4) is 0 Å². The zero-order valence-electron chi connectivity index (χ0n) is 11.8. The fourth-order valence-corrected chi connectivity index (χ4v) is 2.47. The second kappa shape index (κ2) is 4.58. The molecule has 1 aliphatic heterocycles. The second-order valence-electron chi connectivity index (χ2n) is 5.64. The molecule has 0 saturated carbocycles. The quantitative estimate of drug-likeness (QED) is 0.885. The average Bonchev–Trinajstić information content (AvgIpc) is 2.72. The molecule has 19 heavy (non-hydrogen) atoms. The summed E-state index contributed by atoms with van der Waals surface area (Å²) in [5.41, 5.74) is 2.72. The van der Waals surface area contributed by atoms with E-state index >= 15 is 0 Å². The lowest BCUT2D eigenvalue weighted by atomic mass is 9.98. The van der Waals surface area contributed by atoms with E-state index in [1.54, 1.807) is 18.7 Å². The summed E-state index contributed by atoms with van der Waals surface area (Å²) in [6.07, 6.45) is 0. The van der Waals surface area contributed by atoms with Crippen LogP contribution in [0, 0.1) is 25.2 Å². The first kappa shape index (κ1) is 13.4. The third kappa shape index (κ3) is 2.41. The van der Waals surface area contributed by atoms with Gasteiger partial charge in [-0.15, -0.1) is 0 Å². The van der Waals surface area contributed by atoms with Crippen LogP contribution in [-0.4, -0.2) is 23.0 Å². The highest BCUT2D eigenvalue weighted by atomic mass is 16.2. The van der Waals surface area contributed by atoms with Gasteiger partial charge in [0.25, 0.3) is 0 Å². The van der Waals surface area contributed by atoms with Crippen LogP contribution in [0.15, 0.2) is 18.2 Å². The van der Waals surface area contributed by atoms with Crippen LogP contribution < -0.4 is 5.32 Å². The number of nitrogens with one attached hydrogen (secondary N) is 1. The number of carbonyl (C=O) groups excluding carboxylic acids is 1. The summed E-state index contributed by atoms with van der Waals surface area (Å²) in [6, 6.07) is 8.18. The molecule has 100 valence electrons. The molecule has 1 fully saturated rings. The molecule has 2 rings (SSSR count). The highest BCUT2D eigenvalue weighted by Crippen LogP contribution is 2.28. The molecule has 1 N–H and O–H groups in total. The van der Waals surface area contributed by atoms with E-state index in [2.05, 4.69) is 30.4 Å². The van der Waals surface area contributed by atoms with Gasteiger partial charge in [0.05, 0.1) is 12.1 Å². The molecule has 1 heterocycles. The van der Waals surface area contributed by atoms with Crippen molar-refractivity contribution in [2.75, 3.05) is 6.54 Å². The number of rotatable bonds is 2. The first-order valence-electron chi connectivity index (χ1n) is 6.41. The van der Waals surface area contributed by atoms with Crippen molar-refractivity contribution < 1.29 is 4.79 Å². The van der Waals surface area contributed by atoms with Crippen LogP contribution in [0.5, 0.6) is 0 Å². The standard InChI is InChI=1S/C15H19N3O/c1-10-5-6-12(11(2)7-10)13-8-18(14(19)17-13)15(3,4)9-16/h5-7,13H,8H2,1-4H3,(H,17,19). The minimum Gasteiger partial charge on any atom is -0.329 e. The molecule has 1 saturated heterocycles. The molecular weight excluding hydrogens is 238 g/mol. The first-order chi connectivity index (χ1) is 8.85. The topological polar surface area (TPSA) is 56.1 Å². The number of benzene rings is 1. The predicted octanol–water partition coefficient (Wildman–Crippen LogP) is 2.67. The zero-order chi connectivity index (χ0) is 14.2. The summed E-state index contributed by atoms with van der Waals surface area (Å²) in [5.74, 6) is 0. The van der Waals surface area contributed by atoms with E-state index in [4.69, 9.17) is 5.26 Å². The zero-order valence-corrected chi connectivity index (χ0v) is 11.8. The molecular formula is C15H19N3O. The normalized spacial score (nSPS) is 19.2. The van der Waals surface area contributed by atoms with Crippen LogP contribution in [0.4, 0.5) is 4.79 Å². The number of nitriles is 1. The Hall–Kier alpha value is -2.02. The van der Waals surface area contributed by atoms with Gasteiger partial charge in [0.2, 0.25) is 0 Å². The second-order valence-corrected chi connectivity index (χ2v) is 5.64. The van der Waals surface area contributed by atoms with E-state index in [-0.39, 0.29) is 12.1 Å². The Bertz CT molecular complexity index is 557. The van der Waals surface area contributed by atoms with Crippen LogP contribution in [0.25, 0.3) is 0 Å². The molecule has 1 aromatic carbocycles. The summed E-state index contributed by atoms with van der Waals surface area (Å²) >= 11 is 0. The Kier molecular flexibility index (Phi) is 3.23. The minimum absolute atomic E-state index is 0.0410. The van der Waals surface area contributed by atoms with Crippen molar-refractivity contribution in [2.45, 2.75) is 39.3 Å². The number of carbonyl (C=O) groups is 1. The maximum atomic E-state index is 12.0. The fraction of sp³-hybridized carbons (Fsp3) is 0.467. The monoisotopic (exact) mass is 257 g/mol. The van der Waals surface area contributed by atoms with Gasteiger partial charge in [0, 0.05) is 6.54 Å². The lowest BCUT2D eigenvalue weighted by Gasteiger charge is -2.27. The van der Waals surface area contributed by atoms with E-state index in [9.17, 15) is 4.79 Å². The van der Waals surface area contributed by atoms with Crippen LogP contribution >= 0.6 is 0 Å². The van der Waals surface area contributed by atoms with Crippen molar-refractivity contribution >= 4 is 6.03 Å². The van der Waals surface area contributed by atoms with Gasteiger partial charge < -0.3 is 10.2 Å². The molecule has 0 aliphatic carbocycles. The SMILES string of the molecule is Cc1ccc(C2CN(C(C)(C)C#N)C(=O)N2)c(C)c1. The van der Waals surface area contributed by atoms with Crippen LogP contribution in [0.1, 0.15) is 36.6 Å². The maximum absolute atomic E-state index is 12.0. The molecule has 0 spiro atoms. The van der Waals surface area contributed by atoms with E-state index in [1.165, 1.54) is 11.1 Å². The summed E-state index contributed by atoms with van der Waals surface area (Å²) in [6.45, 7) is 8.15. The summed E-state index contributed by atoms with van der Waals surface area (Å²) in [5, 5.41) is 12.1. The molecule has 1 aromatic rings. The van der Waals surface area contributed by atoms with E-state index in [0.717, 1.165) is 5.56 Å². The van der Waals surface area contributed by atoms with Gasteiger partial charge in [-0.2, -0.15) is 5.26 Å². The van der Waals surface area contributed by atoms with Crippen molar-refractivity contribution in [1.82, 2.24) is 10.2 Å². The number of urea groups is 1. The molecule has 4 heteroatoms. The predicted molar refractivity (Wildman–Crippen MR) is 73.6 cm³/mol. The Balaban J connectivity index is 2.27. The van der Waals surface area contributed by atoms with Crippen molar-refractivity contribution in [3.63, 3.8) is 0 Å². The smallest absolute Gasteiger partial charge is 0.319 e. The minimum atomic E-state index is -0.780. The fourth-order valence-electron chi connectivity index (χ4n) is 2.47. The lowest BCUT2D eigenvalue weighted by molar-refractivity contribution is 0.186. The summed E-state index contributed by atoms with van der Waals surface area (Å²) in [4.78, 5) is 13.6. The van der Waals surface area contributed by atoms with Crippen LogP contribution in [0.2, 0.25) is 0 Å². The molecule has 4 nitrogen and oxygen atoms in total. The highest BCUT2D eigenvalue weighted by Gasteiger charge is 2.39. The number of amides is 2. The van der Waals surface area contributed by atoms with Gasteiger partial charge in [-0.1, -0.05) is 23.8 Å². The third-order valence-electron chi connectivity index (χ3n) is 3.66. The van der Waals surface area contributed by atoms with Crippen molar-refractivity contribution in [2.24, 2.45) is 0 Å². The van der Waals surface area contributed by atoms with Crippen molar-refractivity contribution in [3.8, 4) is 6.07 Å². The third-order valence-corrected chi connectivity index (χ3v) is 3.66. The van der Waals surface area contributed by atoms with E-state index in [0.29, 0.717) is 6.54 Å². The lowest BCUT2D eigenvalue weighted by Crippen LogP contribution is -2.44. The molecule has 0 radical (unpaired) electrons. The van der Waals surface area contributed by atoms with Crippen molar-refractivity contribution in [1.29, 1.82) is 5.26 Å².